The second kappa shape index (κ2) is 7.70. The highest BCUT2D eigenvalue weighted by Gasteiger charge is 2.29. The maximum absolute atomic E-state index is 13.0. The van der Waals surface area contributed by atoms with E-state index in [0.717, 1.165) is 24.1 Å². The predicted octanol–water partition coefficient (Wildman–Crippen LogP) is 2.23. The van der Waals surface area contributed by atoms with E-state index in [0.29, 0.717) is 18.7 Å². The Morgan fingerprint density at radius 2 is 1.85 bits per heavy atom. The van der Waals surface area contributed by atoms with Gasteiger partial charge in [-0.05, 0) is 42.9 Å². The number of piperazine rings is 1. The standard InChI is InChI=1S/C20H24N2O4S/c1-21-10-11-22(14-19(21)15-6-4-8-17(12-15)26-2)20(23)16-7-5-9-18(13-16)27(3,24)25/h4-9,12-13,19H,10-11,14H2,1-3H3. The second-order valence-corrected chi connectivity index (χ2v) is 8.84. The van der Waals surface area contributed by atoms with E-state index in [2.05, 4.69) is 4.90 Å². The number of hydrogen-bond donors (Lipinski definition) is 0. The van der Waals surface area contributed by atoms with Gasteiger partial charge in [-0.15, -0.1) is 0 Å². The Bertz CT molecular complexity index is 943. The zero-order valence-electron chi connectivity index (χ0n) is 15.8. The summed E-state index contributed by atoms with van der Waals surface area (Å²) in [5, 5.41) is 0. The Hall–Kier alpha value is -2.38. The number of carbonyl (C=O) groups excluding carboxylic acids is 1. The summed E-state index contributed by atoms with van der Waals surface area (Å²) in [4.78, 5) is 17.1. The first kappa shape index (κ1) is 19.4. The van der Waals surface area contributed by atoms with E-state index >= 15 is 0 Å². The number of nitrogens with zero attached hydrogens (tertiary/aromatic N) is 2. The van der Waals surface area contributed by atoms with Crippen LogP contribution in [-0.2, 0) is 9.84 Å². The largest absolute Gasteiger partial charge is 0.497 e. The fourth-order valence-corrected chi connectivity index (χ4v) is 3.98. The van der Waals surface area contributed by atoms with Gasteiger partial charge < -0.3 is 9.64 Å². The Kier molecular flexibility index (Phi) is 5.53. The molecule has 0 spiro atoms. The molecule has 0 N–H and O–H groups in total. The van der Waals surface area contributed by atoms with E-state index in [4.69, 9.17) is 4.74 Å². The van der Waals surface area contributed by atoms with Crippen LogP contribution < -0.4 is 4.74 Å². The molecule has 6 nitrogen and oxygen atoms in total. The monoisotopic (exact) mass is 388 g/mol. The van der Waals surface area contributed by atoms with Crippen LogP contribution in [-0.4, -0.2) is 64.2 Å². The summed E-state index contributed by atoms with van der Waals surface area (Å²) < 4.78 is 28.9. The van der Waals surface area contributed by atoms with Crippen molar-refractivity contribution in [1.29, 1.82) is 0 Å². The molecular formula is C20H24N2O4S. The fraction of sp³-hybridized carbons (Fsp3) is 0.350. The lowest BCUT2D eigenvalue weighted by Gasteiger charge is -2.39. The van der Waals surface area contributed by atoms with E-state index in [1.165, 1.54) is 12.1 Å². The molecule has 1 aliphatic rings. The van der Waals surface area contributed by atoms with E-state index in [-0.39, 0.29) is 16.8 Å². The van der Waals surface area contributed by atoms with Gasteiger partial charge in [0.05, 0.1) is 18.0 Å². The summed E-state index contributed by atoms with van der Waals surface area (Å²) in [7, 11) is 0.319. The van der Waals surface area contributed by atoms with E-state index in [1.54, 1.807) is 24.1 Å². The zero-order chi connectivity index (χ0) is 19.6. The van der Waals surface area contributed by atoms with E-state index in [1.807, 2.05) is 31.3 Å². The third-order valence-corrected chi connectivity index (χ3v) is 6.03. The minimum Gasteiger partial charge on any atom is -0.497 e. The number of likely N-dealkylation sites (N-methyl/N-ethyl adjacent to an activating group) is 1. The van der Waals surface area contributed by atoms with E-state index in [9.17, 15) is 13.2 Å². The molecule has 3 rings (SSSR count). The molecule has 7 heteroatoms. The normalized spacial score (nSPS) is 18.3. The maximum Gasteiger partial charge on any atom is 0.254 e. The summed E-state index contributed by atoms with van der Waals surface area (Å²) in [5.74, 6) is 0.631. The molecule has 1 heterocycles. The van der Waals surface area contributed by atoms with Gasteiger partial charge >= 0.3 is 0 Å². The molecule has 2 aromatic rings. The molecule has 0 aliphatic carbocycles. The highest BCUT2D eigenvalue weighted by molar-refractivity contribution is 7.90. The van der Waals surface area contributed by atoms with Crippen LogP contribution in [0, 0.1) is 0 Å². The minimum atomic E-state index is -3.35. The van der Waals surface area contributed by atoms with Gasteiger partial charge in [-0.2, -0.15) is 0 Å². The molecule has 0 radical (unpaired) electrons. The van der Waals surface area contributed by atoms with Crippen molar-refractivity contribution in [2.24, 2.45) is 0 Å². The van der Waals surface area contributed by atoms with Gasteiger partial charge in [-0.25, -0.2) is 8.42 Å². The fourth-order valence-electron chi connectivity index (χ4n) is 3.31. The molecule has 1 amide bonds. The summed E-state index contributed by atoms with van der Waals surface area (Å²) in [6.07, 6.45) is 1.14. The number of carbonyl (C=O) groups is 1. The number of benzene rings is 2. The van der Waals surface area contributed by atoms with Crippen LogP contribution in [0.2, 0.25) is 0 Å². The Morgan fingerprint density at radius 1 is 1.11 bits per heavy atom. The average Bonchev–Trinajstić information content (AvgIpc) is 2.67. The molecule has 1 saturated heterocycles. The number of methoxy groups -OCH3 is 1. The molecule has 1 unspecified atom stereocenters. The predicted molar refractivity (Wildman–Crippen MR) is 104 cm³/mol. The first-order valence-corrected chi connectivity index (χ1v) is 10.6. The minimum absolute atomic E-state index is 0.0518. The zero-order valence-corrected chi connectivity index (χ0v) is 16.6. The summed E-state index contributed by atoms with van der Waals surface area (Å²) in [6, 6.07) is 14.1. The molecule has 1 fully saturated rings. The van der Waals surface area contributed by atoms with Gasteiger partial charge in [0, 0.05) is 31.5 Å². The van der Waals surface area contributed by atoms with Crippen LogP contribution in [0.3, 0.4) is 0 Å². The van der Waals surface area contributed by atoms with Crippen molar-refractivity contribution < 1.29 is 17.9 Å². The van der Waals surface area contributed by atoms with Gasteiger partial charge in [0.2, 0.25) is 0 Å². The average molecular weight is 388 g/mol. The van der Waals surface area contributed by atoms with Gasteiger partial charge in [0.25, 0.3) is 5.91 Å². The Labute approximate surface area is 160 Å². The summed E-state index contributed by atoms with van der Waals surface area (Å²) in [6.45, 7) is 1.86. The van der Waals surface area contributed by atoms with Gasteiger partial charge in [-0.3, -0.25) is 9.69 Å². The van der Waals surface area contributed by atoms with Crippen LogP contribution in [0.15, 0.2) is 53.4 Å². The molecule has 0 bridgehead atoms. The molecule has 144 valence electrons. The molecule has 1 aliphatic heterocycles. The second-order valence-electron chi connectivity index (χ2n) is 6.82. The first-order valence-electron chi connectivity index (χ1n) is 8.73. The van der Waals surface area contributed by atoms with E-state index < -0.39 is 9.84 Å². The van der Waals surface area contributed by atoms with Crippen LogP contribution in [0.5, 0.6) is 5.75 Å². The van der Waals surface area contributed by atoms with Gasteiger partial charge in [0.1, 0.15) is 5.75 Å². The van der Waals surface area contributed by atoms with Crippen molar-refractivity contribution in [2.45, 2.75) is 10.9 Å². The smallest absolute Gasteiger partial charge is 0.254 e. The lowest BCUT2D eigenvalue weighted by atomic mass is 10.0. The van der Waals surface area contributed by atoms with Crippen molar-refractivity contribution in [3.8, 4) is 5.75 Å². The highest BCUT2D eigenvalue weighted by Crippen LogP contribution is 2.27. The maximum atomic E-state index is 13.0. The molecular weight excluding hydrogens is 364 g/mol. The number of sulfone groups is 1. The summed E-state index contributed by atoms with van der Waals surface area (Å²) >= 11 is 0. The SMILES string of the molecule is COc1cccc(C2CN(C(=O)c3cccc(S(C)(=O)=O)c3)CCN2C)c1. The van der Waals surface area contributed by atoms with Crippen molar-refractivity contribution in [3.63, 3.8) is 0 Å². The summed E-state index contributed by atoms with van der Waals surface area (Å²) in [5.41, 5.74) is 1.48. The van der Waals surface area contributed by atoms with Gasteiger partial charge in [-0.1, -0.05) is 18.2 Å². The van der Waals surface area contributed by atoms with Crippen LogP contribution >= 0.6 is 0 Å². The van der Waals surface area contributed by atoms with Crippen LogP contribution in [0.4, 0.5) is 0 Å². The molecule has 0 aromatic heterocycles. The topological polar surface area (TPSA) is 66.9 Å². The number of ether oxygens (including phenoxy) is 1. The first-order chi connectivity index (χ1) is 12.8. The van der Waals surface area contributed by atoms with Crippen LogP contribution in [0.25, 0.3) is 0 Å². The van der Waals surface area contributed by atoms with Crippen molar-refractivity contribution in [3.05, 3.63) is 59.7 Å². The number of rotatable bonds is 4. The molecule has 1 atom stereocenters. The Morgan fingerprint density at radius 3 is 2.56 bits per heavy atom. The third kappa shape index (κ3) is 4.31. The van der Waals surface area contributed by atoms with Crippen molar-refractivity contribution in [2.75, 3.05) is 40.0 Å². The highest BCUT2D eigenvalue weighted by atomic mass is 32.2. The Balaban J connectivity index is 1.84. The van der Waals surface area contributed by atoms with Crippen LogP contribution in [0.1, 0.15) is 22.0 Å². The van der Waals surface area contributed by atoms with Gasteiger partial charge in [0.15, 0.2) is 9.84 Å². The van der Waals surface area contributed by atoms with Crippen molar-refractivity contribution in [1.82, 2.24) is 9.80 Å². The third-order valence-electron chi connectivity index (χ3n) is 4.92. The lowest BCUT2D eigenvalue weighted by Crippen LogP contribution is -2.49. The molecule has 2 aromatic carbocycles. The molecule has 27 heavy (non-hydrogen) atoms. The molecule has 0 saturated carbocycles. The van der Waals surface area contributed by atoms with Crippen molar-refractivity contribution >= 4 is 15.7 Å². The number of hydrogen-bond acceptors (Lipinski definition) is 5. The quantitative estimate of drug-likeness (QED) is 0.804. The lowest BCUT2D eigenvalue weighted by molar-refractivity contribution is 0.0546. The number of amides is 1.